The minimum atomic E-state index is -4.24. The maximum atomic E-state index is 13.7. The fraction of sp³-hybridized carbons (Fsp3) is 0.542. The van der Waals surface area contributed by atoms with Gasteiger partial charge in [0.1, 0.15) is 29.6 Å². The molecular weight excluding hydrogens is 537 g/mol. The second-order valence-corrected chi connectivity index (χ2v) is 12.5. The largest absolute Gasteiger partial charge is 0.464 e. The van der Waals surface area contributed by atoms with Crippen molar-refractivity contribution in [2.24, 2.45) is 5.41 Å². The van der Waals surface area contributed by atoms with E-state index >= 15 is 0 Å². The van der Waals surface area contributed by atoms with E-state index in [0.717, 1.165) is 0 Å². The molecule has 1 aromatic carbocycles. The first kappa shape index (κ1) is 30.2. The monoisotopic (exact) mass is 571 g/mol. The highest BCUT2D eigenvalue weighted by Crippen LogP contribution is 2.47. The number of H-pyrrole nitrogens is 1. The lowest BCUT2D eigenvalue weighted by Crippen LogP contribution is -2.45. The zero-order valence-corrected chi connectivity index (χ0v) is 23.5. The lowest BCUT2D eigenvalue weighted by molar-refractivity contribution is -0.148. The lowest BCUT2D eigenvalue weighted by atomic mass is 9.96. The van der Waals surface area contributed by atoms with Crippen molar-refractivity contribution in [3.05, 3.63) is 57.7 Å². The SMILES string of the molecule is C[C@H](NP(=O)(OC[C@H]1O[C@@H](n2ccc(=O)[nH]c2=S)C(C)(O)[C@H]1O)Oc1ccccc1)C(=O)OCC(C)(C)C. The molecule has 0 spiro atoms. The molecule has 0 amide bonds. The number of aliphatic hydroxyl groups excluding tert-OH is 1. The van der Waals surface area contributed by atoms with E-state index < -0.39 is 56.0 Å². The Bertz CT molecular complexity index is 1280. The van der Waals surface area contributed by atoms with Crippen LogP contribution in [0.4, 0.5) is 0 Å². The van der Waals surface area contributed by atoms with E-state index in [4.69, 9.17) is 30.7 Å². The molecule has 210 valence electrons. The summed E-state index contributed by atoms with van der Waals surface area (Å²) in [5.74, 6) is -0.455. The number of nitrogens with one attached hydrogen (secondary N) is 2. The summed E-state index contributed by atoms with van der Waals surface area (Å²) >= 11 is 5.15. The number of nitrogens with zero attached hydrogens (tertiary/aromatic N) is 1. The summed E-state index contributed by atoms with van der Waals surface area (Å²) in [7, 11) is -4.24. The number of carbonyl (C=O) groups is 1. The van der Waals surface area contributed by atoms with Crippen LogP contribution >= 0.6 is 20.0 Å². The fourth-order valence-corrected chi connectivity index (χ4v) is 5.33. The molecule has 1 saturated heterocycles. The summed E-state index contributed by atoms with van der Waals surface area (Å²) in [6, 6.07) is 8.31. The van der Waals surface area contributed by atoms with Gasteiger partial charge in [0, 0.05) is 12.3 Å². The Hall–Kier alpha value is -2.38. The Balaban J connectivity index is 1.78. The summed E-state index contributed by atoms with van der Waals surface area (Å²) in [6.45, 7) is 8.15. The molecular formula is C24H34N3O9PS. The van der Waals surface area contributed by atoms with Crippen molar-refractivity contribution < 1.29 is 38.1 Å². The molecule has 0 aliphatic carbocycles. The highest BCUT2D eigenvalue weighted by Gasteiger charge is 2.53. The standard InChI is InChI=1S/C24H34N3O9PS/c1-15(20(30)33-14-23(2,3)4)26-37(32,36-16-9-7-6-8-10-16)34-13-17-19(29)24(5,31)21(35-17)27-12-11-18(28)25-22(27)38/h6-12,15,17,19,21,29,31H,13-14H2,1-5H3,(H,26,32)(H,25,28,38)/t15-,17+,19-,21+,24?,37?/m0/s1. The van der Waals surface area contributed by atoms with Gasteiger partial charge in [-0.2, -0.15) is 5.09 Å². The molecule has 0 radical (unpaired) electrons. The van der Waals surface area contributed by atoms with Gasteiger partial charge in [0.25, 0.3) is 5.56 Å². The van der Waals surface area contributed by atoms with Gasteiger partial charge in [-0.15, -0.1) is 0 Å². The number of rotatable bonds is 10. The Morgan fingerprint density at radius 1 is 1.32 bits per heavy atom. The molecule has 2 heterocycles. The number of aliphatic hydroxyl groups is 2. The van der Waals surface area contributed by atoms with Crippen LogP contribution in [0.25, 0.3) is 0 Å². The molecule has 1 aliphatic rings. The summed E-state index contributed by atoms with van der Waals surface area (Å²) in [5.41, 5.74) is -2.56. The average Bonchev–Trinajstić information content (AvgIpc) is 3.04. The predicted molar refractivity (Wildman–Crippen MR) is 140 cm³/mol. The number of hydrogen-bond acceptors (Lipinski definition) is 10. The molecule has 4 N–H and O–H groups in total. The number of hydrogen-bond donors (Lipinski definition) is 4. The molecule has 1 fully saturated rings. The second kappa shape index (κ2) is 11.8. The normalized spacial score (nSPS) is 25.9. The highest BCUT2D eigenvalue weighted by atomic mass is 32.1. The molecule has 0 bridgehead atoms. The quantitative estimate of drug-likeness (QED) is 0.188. The van der Waals surface area contributed by atoms with Crippen molar-refractivity contribution >= 4 is 25.9 Å². The molecule has 3 rings (SSSR count). The number of esters is 1. The first-order valence-electron chi connectivity index (χ1n) is 11.9. The smallest absolute Gasteiger partial charge is 0.459 e. The van der Waals surface area contributed by atoms with E-state index in [2.05, 4.69) is 10.1 Å². The zero-order valence-electron chi connectivity index (χ0n) is 21.8. The molecule has 2 aromatic rings. The summed E-state index contributed by atoms with van der Waals surface area (Å²) < 4.78 is 37.3. The minimum absolute atomic E-state index is 0.0288. The first-order valence-corrected chi connectivity index (χ1v) is 13.9. The van der Waals surface area contributed by atoms with E-state index in [1.165, 1.54) is 30.7 Å². The van der Waals surface area contributed by atoms with E-state index in [9.17, 15) is 24.4 Å². The molecule has 14 heteroatoms. The maximum absolute atomic E-state index is 13.7. The van der Waals surface area contributed by atoms with Crippen LogP contribution in [0.1, 0.15) is 40.8 Å². The van der Waals surface area contributed by atoms with Crippen LogP contribution in [-0.2, 0) is 23.4 Å². The third-order valence-corrected chi connectivity index (χ3v) is 7.55. The van der Waals surface area contributed by atoms with Crippen LogP contribution in [0.2, 0.25) is 0 Å². The van der Waals surface area contributed by atoms with Crippen LogP contribution < -0.4 is 15.2 Å². The Morgan fingerprint density at radius 2 is 1.97 bits per heavy atom. The van der Waals surface area contributed by atoms with E-state index in [0.29, 0.717) is 0 Å². The fourth-order valence-electron chi connectivity index (χ4n) is 3.57. The highest BCUT2D eigenvalue weighted by molar-refractivity contribution is 7.71. The van der Waals surface area contributed by atoms with Crippen molar-refractivity contribution in [1.82, 2.24) is 14.6 Å². The van der Waals surface area contributed by atoms with Gasteiger partial charge in [0.2, 0.25) is 0 Å². The van der Waals surface area contributed by atoms with Gasteiger partial charge in [-0.1, -0.05) is 39.0 Å². The van der Waals surface area contributed by atoms with Crippen molar-refractivity contribution in [2.75, 3.05) is 13.2 Å². The van der Waals surface area contributed by atoms with Crippen LogP contribution in [-0.4, -0.2) is 62.8 Å². The van der Waals surface area contributed by atoms with Gasteiger partial charge in [0.05, 0.1) is 13.2 Å². The van der Waals surface area contributed by atoms with Gasteiger partial charge in [-0.05, 0) is 43.6 Å². The molecule has 12 nitrogen and oxygen atoms in total. The summed E-state index contributed by atoms with van der Waals surface area (Å²) in [5, 5.41) is 24.3. The Morgan fingerprint density at radius 3 is 2.58 bits per heavy atom. The zero-order chi connectivity index (χ0) is 28.3. The summed E-state index contributed by atoms with van der Waals surface area (Å²) in [4.78, 5) is 26.5. The number of aromatic nitrogens is 2. The lowest BCUT2D eigenvalue weighted by Gasteiger charge is -2.28. The molecule has 1 aromatic heterocycles. The van der Waals surface area contributed by atoms with Crippen molar-refractivity contribution in [2.45, 2.75) is 64.7 Å². The average molecular weight is 572 g/mol. The van der Waals surface area contributed by atoms with Gasteiger partial charge in [-0.25, -0.2) is 4.57 Å². The first-order chi connectivity index (χ1) is 17.6. The Labute approximate surface area is 225 Å². The molecule has 0 saturated carbocycles. The van der Waals surface area contributed by atoms with Gasteiger partial charge < -0.3 is 24.2 Å². The minimum Gasteiger partial charge on any atom is -0.464 e. The van der Waals surface area contributed by atoms with Crippen molar-refractivity contribution in [1.29, 1.82) is 0 Å². The third-order valence-electron chi connectivity index (χ3n) is 5.59. The topological polar surface area (TPSA) is 161 Å². The van der Waals surface area contributed by atoms with Crippen molar-refractivity contribution in [3.8, 4) is 5.75 Å². The third kappa shape index (κ3) is 7.60. The predicted octanol–water partition coefficient (Wildman–Crippen LogP) is 2.69. The summed E-state index contributed by atoms with van der Waals surface area (Å²) in [6.07, 6.45) is -2.54. The number of para-hydroxylation sites is 1. The molecule has 1 aliphatic heterocycles. The Kier molecular flexibility index (Phi) is 9.36. The van der Waals surface area contributed by atoms with Crippen molar-refractivity contribution in [3.63, 3.8) is 0 Å². The number of aromatic amines is 1. The second-order valence-electron chi connectivity index (χ2n) is 10.4. The van der Waals surface area contributed by atoms with Crippen LogP contribution in [0.5, 0.6) is 5.75 Å². The molecule has 2 unspecified atom stereocenters. The van der Waals surface area contributed by atoms with Crippen LogP contribution in [0, 0.1) is 10.2 Å². The maximum Gasteiger partial charge on any atom is 0.459 e. The molecule has 38 heavy (non-hydrogen) atoms. The molecule has 6 atom stereocenters. The van der Waals surface area contributed by atoms with E-state index in [1.54, 1.807) is 30.3 Å². The number of benzene rings is 1. The van der Waals surface area contributed by atoms with Gasteiger partial charge in [0.15, 0.2) is 11.0 Å². The number of ether oxygens (including phenoxy) is 2. The van der Waals surface area contributed by atoms with E-state index in [1.807, 2.05) is 20.8 Å². The van der Waals surface area contributed by atoms with Crippen LogP contribution in [0.3, 0.4) is 0 Å². The van der Waals surface area contributed by atoms with Gasteiger partial charge >= 0.3 is 13.7 Å². The van der Waals surface area contributed by atoms with Crippen LogP contribution in [0.15, 0.2) is 47.4 Å². The van der Waals surface area contributed by atoms with E-state index in [-0.39, 0.29) is 22.5 Å². The number of carbonyl (C=O) groups excluding carboxylic acids is 1. The van der Waals surface area contributed by atoms with Gasteiger partial charge in [-0.3, -0.25) is 23.7 Å².